The average molecular weight is 859 g/mol. The van der Waals surface area contributed by atoms with E-state index in [0.717, 1.165) is 82.5 Å². The molecule has 0 fully saturated rings. The largest absolute Gasteiger partial charge is 0.494 e. The normalized spacial score (nSPS) is 15.2. The van der Waals surface area contributed by atoms with Gasteiger partial charge in [0.05, 0.1) is 38.9 Å². The maximum Gasteiger partial charge on any atom is 0.341 e. The fraction of sp³-hybridized carbons (Fsp3) is 0.271. The first-order valence-corrected chi connectivity index (χ1v) is 21.3. The van der Waals surface area contributed by atoms with Gasteiger partial charge in [0.1, 0.15) is 11.5 Å². The molecule has 0 aliphatic carbocycles. The van der Waals surface area contributed by atoms with Crippen LogP contribution in [0.5, 0.6) is 11.5 Å². The van der Waals surface area contributed by atoms with Crippen molar-refractivity contribution in [2.75, 3.05) is 49.2 Å². The zero-order valence-electron chi connectivity index (χ0n) is 33.7. The summed E-state index contributed by atoms with van der Waals surface area (Å²) >= 11 is 27.5. The molecule has 1 aliphatic heterocycles. The molecule has 6 rings (SSSR count). The highest BCUT2D eigenvalue weighted by Crippen LogP contribution is 2.53. The van der Waals surface area contributed by atoms with Crippen molar-refractivity contribution in [2.24, 2.45) is 0 Å². The van der Waals surface area contributed by atoms with Crippen LogP contribution >= 0.6 is 46.4 Å². The summed E-state index contributed by atoms with van der Waals surface area (Å²) < 4.78 is 18.2. The molecular formula is C48H48Cl4N2O4. The van der Waals surface area contributed by atoms with Gasteiger partial charge < -0.3 is 24.0 Å². The molecular weight excluding hydrogens is 810 g/mol. The van der Waals surface area contributed by atoms with Crippen LogP contribution in [0.3, 0.4) is 0 Å². The number of halogens is 4. The van der Waals surface area contributed by atoms with Crippen LogP contribution in [-0.2, 0) is 10.3 Å². The first kappa shape index (κ1) is 43.0. The van der Waals surface area contributed by atoms with E-state index in [-0.39, 0.29) is 25.7 Å². The summed E-state index contributed by atoms with van der Waals surface area (Å²) in [5, 5.41) is 0.0339. The van der Waals surface area contributed by atoms with Crippen LogP contribution in [0.4, 0.5) is 11.4 Å². The number of fused-ring (bicyclic) bond motifs is 1. The molecule has 1 heterocycles. The Morgan fingerprint density at radius 1 is 0.534 bits per heavy atom. The average Bonchev–Trinajstić information content (AvgIpc) is 3.54. The van der Waals surface area contributed by atoms with Crippen molar-refractivity contribution in [1.82, 2.24) is 0 Å². The van der Waals surface area contributed by atoms with Gasteiger partial charge in [0, 0.05) is 43.1 Å². The minimum Gasteiger partial charge on any atom is -0.494 e. The van der Waals surface area contributed by atoms with E-state index in [2.05, 4.69) is 86.0 Å². The van der Waals surface area contributed by atoms with Crippen molar-refractivity contribution >= 4 is 74.9 Å². The molecule has 10 heteroatoms. The number of benzene rings is 5. The number of ether oxygens (including phenoxy) is 3. The number of anilines is 2. The molecule has 0 spiro atoms. The quantitative estimate of drug-likeness (QED) is 0.0560. The second kappa shape index (κ2) is 19.0. The number of cyclic esters (lactones) is 1. The minimum atomic E-state index is -1.64. The summed E-state index contributed by atoms with van der Waals surface area (Å²) in [6, 6.07) is 32.4. The fourth-order valence-corrected chi connectivity index (χ4v) is 8.54. The topological polar surface area (TPSA) is 51.2 Å². The number of rotatable bonds is 16. The summed E-state index contributed by atoms with van der Waals surface area (Å²) in [6.45, 7) is 17.0. The Balaban J connectivity index is 1.71. The SMILES string of the molecule is CCOc1ccc(C(=CC2(C=C(c3ccc(OCC)cc3)c3ccc(N(CC)CC)cc3)OC(=O)c3c(Cl)c(Cl)c(Cl)c(Cl)c32)c2ccc(N(CC)CC)cc2)cc1. The molecule has 0 atom stereocenters. The van der Waals surface area contributed by atoms with Crippen molar-refractivity contribution in [2.45, 2.75) is 47.1 Å². The third-order valence-corrected chi connectivity index (χ3v) is 12.2. The number of hydrogen-bond acceptors (Lipinski definition) is 6. The number of nitrogens with zero attached hydrogens (tertiary/aromatic N) is 2. The summed E-state index contributed by atoms with van der Waals surface area (Å²) in [5.74, 6) is 0.785. The van der Waals surface area contributed by atoms with Crippen LogP contribution in [-0.4, -0.2) is 45.4 Å². The van der Waals surface area contributed by atoms with Crippen LogP contribution in [0.25, 0.3) is 11.1 Å². The molecule has 0 bridgehead atoms. The van der Waals surface area contributed by atoms with E-state index in [4.69, 9.17) is 60.6 Å². The molecule has 5 aromatic rings. The van der Waals surface area contributed by atoms with Gasteiger partial charge in [-0.2, -0.15) is 0 Å². The summed E-state index contributed by atoms with van der Waals surface area (Å²) in [4.78, 5) is 18.8. The third kappa shape index (κ3) is 8.72. The lowest BCUT2D eigenvalue weighted by Gasteiger charge is -2.28. The van der Waals surface area contributed by atoms with Gasteiger partial charge in [-0.1, -0.05) is 94.9 Å². The number of carbonyl (C=O) groups excluding carboxylic acids is 1. The Kier molecular flexibility index (Phi) is 14.1. The Bertz CT molecular complexity index is 2160. The van der Waals surface area contributed by atoms with Gasteiger partial charge in [0.25, 0.3) is 0 Å². The van der Waals surface area contributed by atoms with Crippen molar-refractivity contribution in [3.8, 4) is 11.5 Å². The Morgan fingerprint density at radius 2 is 0.879 bits per heavy atom. The van der Waals surface area contributed by atoms with Gasteiger partial charge in [0.15, 0.2) is 5.60 Å². The predicted octanol–water partition coefficient (Wildman–Crippen LogP) is 13.4. The predicted molar refractivity (Wildman–Crippen MR) is 243 cm³/mol. The second-order valence-electron chi connectivity index (χ2n) is 13.7. The second-order valence-corrected chi connectivity index (χ2v) is 15.2. The number of carbonyl (C=O) groups is 1. The number of esters is 1. The van der Waals surface area contributed by atoms with Crippen molar-refractivity contribution in [1.29, 1.82) is 0 Å². The van der Waals surface area contributed by atoms with E-state index in [1.165, 1.54) is 0 Å². The van der Waals surface area contributed by atoms with Gasteiger partial charge in [-0.15, -0.1) is 0 Å². The Hall–Kier alpha value is -4.59. The van der Waals surface area contributed by atoms with Crippen molar-refractivity contribution in [3.63, 3.8) is 0 Å². The summed E-state index contributed by atoms with van der Waals surface area (Å²) in [5.41, 5.74) is 5.90. The molecule has 58 heavy (non-hydrogen) atoms. The maximum absolute atomic E-state index is 14.3. The van der Waals surface area contributed by atoms with Crippen molar-refractivity contribution in [3.05, 3.63) is 163 Å². The van der Waals surface area contributed by atoms with Crippen LogP contribution in [0.15, 0.2) is 109 Å². The molecule has 6 nitrogen and oxygen atoms in total. The fourth-order valence-electron chi connectivity index (χ4n) is 7.46. The Morgan fingerprint density at radius 3 is 1.22 bits per heavy atom. The van der Waals surface area contributed by atoms with E-state index in [1.54, 1.807) is 0 Å². The monoisotopic (exact) mass is 856 g/mol. The van der Waals surface area contributed by atoms with Crippen LogP contribution in [0, 0.1) is 0 Å². The standard InChI is InChI=1S/C48H48Cl4N2O4/c1-7-53(8-2)35-21-13-31(14-22-35)39(33-17-25-37(26-18-33)56-11-5)29-48(42-41(47(55)58-48)43(49)45(51)46(52)44(42)50)30-40(34-19-27-38(28-20-34)57-12-6)32-15-23-36(24-16-32)54(9-3)10-4/h13-30H,7-12H2,1-6H3. The molecule has 1 aliphatic rings. The van der Waals surface area contributed by atoms with E-state index >= 15 is 0 Å². The van der Waals surface area contributed by atoms with Crippen LogP contribution in [0.1, 0.15) is 79.7 Å². The van der Waals surface area contributed by atoms with Crippen LogP contribution < -0.4 is 19.3 Å². The van der Waals surface area contributed by atoms with Gasteiger partial charge >= 0.3 is 5.97 Å². The highest BCUT2D eigenvalue weighted by atomic mass is 35.5. The van der Waals surface area contributed by atoms with E-state index in [1.807, 2.05) is 74.5 Å². The van der Waals surface area contributed by atoms with Gasteiger partial charge in [-0.25, -0.2) is 4.79 Å². The van der Waals surface area contributed by atoms with Gasteiger partial charge in [-0.05, 0) is 136 Å². The first-order valence-electron chi connectivity index (χ1n) is 19.7. The molecule has 0 amide bonds. The van der Waals surface area contributed by atoms with Crippen LogP contribution in [0.2, 0.25) is 20.1 Å². The minimum absolute atomic E-state index is 0.0222. The molecule has 0 aromatic heterocycles. The van der Waals surface area contributed by atoms with E-state index in [9.17, 15) is 4.79 Å². The van der Waals surface area contributed by atoms with E-state index in [0.29, 0.717) is 18.8 Å². The Labute approximate surface area is 362 Å². The molecule has 5 aromatic carbocycles. The molecule has 0 radical (unpaired) electrons. The van der Waals surface area contributed by atoms with E-state index < -0.39 is 11.6 Å². The van der Waals surface area contributed by atoms with Gasteiger partial charge in [0.2, 0.25) is 0 Å². The lowest BCUT2D eigenvalue weighted by molar-refractivity contribution is 0.0300. The molecule has 302 valence electrons. The maximum atomic E-state index is 14.3. The zero-order valence-corrected chi connectivity index (χ0v) is 36.7. The zero-order chi connectivity index (χ0) is 41.6. The lowest BCUT2D eigenvalue weighted by atomic mass is 9.83. The first-order chi connectivity index (χ1) is 28.0. The smallest absolute Gasteiger partial charge is 0.341 e. The molecule has 0 saturated heterocycles. The van der Waals surface area contributed by atoms with Gasteiger partial charge in [-0.3, -0.25) is 0 Å². The molecule has 0 saturated carbocycles. The molecule has 0 N–H and O–H groups in total. The third-order valence-electron chi connectivity index (χ3n) is 10.4. The highest BCUT2D eigenvalue weighted by Gasteiger charge is 2.48. The summed E-state index contributed by atoms with van der Waals surface area (Å²) in [7, 11) is 0. The highest BCUT2D eigenvalue weighted by molar-refractivity contribution is 6.53. The number of hydrogen-bond donors (Lipinski definition) is 0. The lowest BCUT2D eigenvalue weighted by Crippen LogP contribution is -2.23. The van der Waals surface area contributed by atoms with Crippen molar-refractivity contribution < 1.29 is 19.0 Å². The summed E-state index contributed by atoms with van der Waals surface area (Å²) in [6.07, 6.45) is 3.87. The molecule has 0 unspecified atom stereocenters.